The van der Waals surface area contributed by atoms with E-state index in [1.54, 1.807) is 11.8 Å². The molecule has 0 aromatic heterocycles. The van der Waals surface area contributed by atoms with Crippen molar-refractivity contribution in [3.63, 3.8) is 0 Å². The van der Waals surface area contributed by atoms with Crippen LogP contribution in [0.3, 0.4) is 0 Å². The van der Waals surface area contributed by atoms with Crippen LogP contribution in [0.1, 0.15) is 6.42 Å². The molecule has 1 aromatic carbocycles. The van der Waals surface area contributed by atoms with E-state index < -0.39 is 6.04 Å². The Morgan fingerprint density at radius 3 is 2.50 bits per heavy atom. The summed E-state index contributed by atoms with van der Waals surface area (Å²) in [5.41, 5.74) is 0.854. The normalized spacial score (nSPS) is 19.7. The predicted molar refractivity (Wildman–Crippen MR) is 63.4 cm³/mol. The van der Waals surface area contributed by atoms with Gasteiger partial charge in [-0.05, 0) is 30.5 Å². The zero-order valence-electron chi connectivity index (χ0n) is 8.82. The lowest BCUT2D eigenvalue weighted by Gasteiger charge is -2.10. The molecular weight excluding hydrogens is 224 g/mol. The number of carbonyl (C=O) groups excluding carboxylic acids is 2. The third kappa shape index (κ3) is 2.36. The van der Waals surface area contributed by atoms with Crippen LogP contribution < -0.4 is 10.6 Å². The van der Waals surface area contributed by atoms with E-state index in [2.05, 4.69) is 10.6 Å². The van der Waals surface area contributed by atoms with Crippen LogP contribution in [0.15, 0.2) is 29.2 Å². The second-order valence-electron chi connectivity index (χ2n) is 3.54. The van der Waals surface area contributed by atoms with Crippen molar-refractivity contribution in [1.29, 1.82) is 0 Å². The second kappa shape index (κ2) is 4.57. The minimum absolute atomic E-state index is 0.211. The number of hydrogen-bond acceptors (Lipinski definition) is 4. The summed E-state index contributed by atoms with van der Waals surface area (Å²) in [6.07, 6.45) is 2.22. The maximum absolute atomic E-state index is 11.3. The fourth-order valence-electron chi connectivity index (χ4n) is 1.56. The van der Waals surface area contributed by atoms with Crippen LogP contribution in [0.4, 0.5) is 5.69 Å². The van der Waals surface area contributed by atoms with Gasteiger partial charge < -0.3 is 5.32 Å². The maximum atomic E-state index is 11.3. The SMILES string of the molecule is CSc1ccc(NC2CC(=O)NC2=O)cc1. The van der Waals surface area contributed by atoms with E-state index in [9.17, 15) is 9.59 Å². The molecular formula is C11H12N2O2S. The Kier molecular flexibility index (Phi) is 3.14. The highest BCUT2D eigenvalue weighted by molar-refractivity contribution is 7.98. The number of hydrogen-bond donors (Lipinski definition) is 2. The quantitative estimate of drug-likeness (QED) is 0.612. The van der Waals surface area contributed by atoms with Crippen LogP contribution in [0.5, 0.6) is 0 Å². The summed E-state index contributed by atoms with van der Waals surface area (Å²) in [6, 6.07) is 7.32. The largest absolute Gasteiger partial charge is 0.373 e. The molecule has 1 fully saturated rings. The number of anilines is 1. The van der Waals surface area contributed by atoms with Crippen molar-refractivity contribution in [3.05, 3.63) is 24.3 Å². The zero-order valence-corrected chi connectivity index (χ0v) is 9.64. The lowest BCUT2D eigenvalue weighted by Crippen LogP contribution is -2.29. The molecule has 4 nitrogen and oxygen atoms in total. The third-order valence-electron chi connectivity index (χ3n) is 2.40. The van der Waals surface area contributed by atoms with Crippen molar-refractivity contribution in [2.75, 3.05) is 11.6 Å². The molecule has 84 valence electrons. The van der Waals surface area contributed by atoms with Gasteiger partial charge in [-0.15, -0.1) is 11.8 Å². The molecule has 1 aromatic rings. The van der Waals surface area contributed by atoms with Gasteiger partial charge in [0.25, 0.3) is 0 Å². The monoisotopic (exact) mass is 236 g/mol. The molecule has 0 spiro atoms. The van der Waals surface area contributed by atoms with E-state index in [0.29, 0.717) is 0 Å². The van der Waals surface area contributed by atoms with Gasteiger partial charge in [0.05, 0.1) is 6.42 Å². The Bertz CT molecular complexity index is 416. The highest BCUT2D eigenvalue weighted by atomic mass is 32.2. The van der Waals surface area contributed by atoms with Gasteiger partial charge in [0, 0.05) is 10.6 Å². The third-order valence-corrected chi connectivity index (χ3v) is 3.14. The molecule has 1 saturated heterocycles. The standard InChI is InChI=1S/C11H12N2O2S/c1-16-8-4-2-7(3-5-8)12-9-6-10(14)13-11(9)15/h2-5,9,12H,6H2,1H3,(H,13,14,15). The summed E-state index contributed by atoms with van der Waals surface area (Å²) in [4.78, 5) is 23.5. The minimum Gasteiger partial charge on any atom is -0.373 e. The van der Waals surface area contributed by atoms with Gasteiger partial charge >= 0.3 is 0 Å². The first-order valence-electron chi connectivity index (χ1n) is 4.93. The smallest absolute Gasteiger partial charge is 0.249 e. The fourth-order valence-corrected chi connectivity index (χ4v) is 1.97. The van der Waals surface area contributed by atoms with Gasteiger partial charge in [-0.1, -0.05) is 0 Å². The average molecular weight is 236 g/mol. The van der Waals surface area contributed by atoms with E-state index in [4.69, 9.17) is 0 Å². The number of amides is 2. The summed E-state index contributed by atoms with van der Waals surface area (Å²) in [7, 11) is 0. The first-order chi connectivity index (χ1) is 7.69. The molecule has 5 heteroatoms. The Morgan fingerprint density at radius 2 is 2.00 bits per heavy atom. The summed E-state index contributed by atoms with van der Waals surface area (Å²) < 4.78 is 0. The molecule has 0 bridgehead atoms. The van der Waals surface area contributed by atoms with Crippen molar-refractivity contribution in [2.45, 2.75) is 17.4 Å². The number of carbonyl (C=O) groups is 2. The summed E-state index contributed by atoms with van der Waals surface area (Å²) in [5, 5.41) is 5.30. The maximum Gasteiger partial charge on any atom is 0.249 e. The Balaban J connectivity index is 2.03. The van der Waals surface area contributed by atoms with Gasteiger partial charge in [0.15, 0.2) is 0 Å². The van der Waals surface area contributed by atoms with E-state index in [-0.39, 0.29) is 18.2 Å². The van der Waals surface area contributed by atoms with Gasteiger partial charge in [0.2, 0.25) is 11.8 Å². The molecule has 0 radical (unpaired) electrons. The van der Waals surface area contributed by atoms with E-state index >= 15 is 0 Å². The molecule has 1 atom stereocenters. The molecule has 16 heavy (non-hydrogen) atoms. The lowest BCUT2D eigenvalue weighted by atomic mass is 10.2. The van der Waals surface area contributed by atoms with Crippen molar-refractivity contribution < 1.29 is 9.59 Å². The first kappa shape index (κ1) is 11.0. The molecule has 2 amide bonds. The first-order valence-corrected chi connectivity index (χ1v) is 6.16. The van der Waals surface area contributed by atoms with Crippen molar-refractivity contribution >= 4 is 29.3 Å². The minimum atomic E-state index is -0.437. The summed E-state index contributed by atoms with van der Waals surface area (Å²) in [6.45, 7) is 0. The van der Waals surface area contributed by atoms with Crippen LogP contribution in [0, 0.1) is 0 Å². The van der Waals surface area contributed by atoms with Crippen LogP contribution in [0.2, 0.25) is 0 Å². The average Bonchev–Trinajstić information content (AvgIpc) is 2.59. The highest BCUT2D eigenvalue weighted by Crippen LogP contribution is 2.19. The van der Waals surface area contributed by atoms with Crippen molar-refractivity contribution in [2.24, 2.45) is 0 Å². The van der Waals surface area contributed by atoms with Gasteiger partial charge in [-0.2, -0.15) is 0 Å². The second-order valence-corrected chi connectivity index (χ2v) is 4.42. The van der Waals surface area contributed by atoms with Gasteiger partial charge in [0.1, 0.15) is 6.04 Å². The summed E-state index contributed by atoms with van der Waals surface area (Å²) in [5.74, 6) is -0.470. The molecule has 2 rings (SSSR count). The predicted octanol–water partition coefficient (Wildman–Crippen LogP) is 1.24. The number of rotatable bonds is 3. The number of benzene rings is 1. The Hall–Kier alpha value is -1.49. The highest BCUT2D eigenvalue weighted by Gasteiger charge is 2.30. The summed E-state index contributed by atoms with van der Waals surface area (Å²) >= 11 is 1.66. The van der Waals surface area contributed by atoms with Crippen molar-refractivity contribution in [3.8, 4) is 0 Å². The van der Waals surface area contributed by atoms with Gasteiger partial charge in [-0.25, -0.2) is 0 Å². The molecule has 0 aliphatic carbocycles. The molecule has 2 N–H and O–H groups in total. The van der Waals surface area contributed by atoms with Crippen molar-refractivity contribution in [1.82, 2.24) is 5.32 Å². The molecule has 1 unspecified atom stereocenters. The van der Waals surface area contributed by atoms with Gasteiger partial charge in [-0.3, -0.25) is 14.9 Å². The Labute approximate surface area is 97.8 Å². The van der Waals surface area contributed by atoms with Crippen LogP contribution >= 0.6 is 11.8 Å². The molecule has 1 aliphatic heterocycles. The lowest BCUT2D eigenvalue weighted by molar-refractivity contribution is -0.124. The molecule has 1 heterocycles. The van der Waals surface area contributed by atoms with E-state index in [1.165, 1.54) is 0 Å². The number of imide groups is 1. The Morgan fingerprint density at radius 1 is 1.31 bits per heavy atom. The zero-order chi connectivity index (χ0) is 11.5. The van der Waals surface area contributed by atoms with Crippen LogP contribution in [0.25, 0.3) is 0 Å². The molecule has 1 aliphatic rings. The topological polar surface area (TPSA) is 58.2 Å². The van der Waals surface area contributed by atoms with Crippen LogP contribution in [-0.4, -0.2) is 24.1 Å². The number of nitrogens with one attached hydrogen (secondary N) is 2. The molecule has 0 saturated carbocycles. The fraction of sp³-hybridized carbons (Fsp3) is 0.273. The van der Waals surface area contributed by atoms with Crippen LogP contribution in [-0.2, 0) is 9.59 Å². The van der Waals surface area contributed by atoms with E-state index in [0.717, 1.165) is 10.6 Å². The van der Waals surface area contributed by atoms with E-state index in [1.807, 2.05) is 30.5 Å². The number of thioether (sulfide) groups is 1.